The smallest absolute Gasteiger partial charge is 0.165 e. The van der Waals surface area contributed by atoms with Gasteiger partial charge in [-0.1, -0.05) is 170 Å². The Bertz CT molecular complexity index is 2840. The predicted octanol–water partition coefficient (Wildman–Crippen LogP) is 12.9. The zero-order valence-corrected chi connectivity index (χ0v) is 28.3. The van der Waals surface area contributed by atoms with Gasteiger partial charge in [0, 0.05) is 42.4 Å². The second-order valence-corrected chi connectivity index (χ2v) is 13.8. The topological polar surface area (TPSA) is 38.7 Å². The lowest BCUT2D eigenvalue weighted by molar-refractivity contribution is 1.08. The average Bonchev–Trinajstić information content (AvgIpc) is 3.59. The molecule has 3 nitrogen and oxygen atoms in total. The van der Waals surface area contributed by atoms with E-state index in [-0.39, 0.29) is 0 Å². The van der Waals surface area contributed by atoms with Gasteiger partial charge in [-0.15, -0.1) is 11.3 Å². The van der Waals surface area contributed by atoms with Crippen molar-refractivity contribution in [3.05, 3.63) is 176 Å². The third-order valence-corrected chi connectivity index (χ3v) is 10.9. The number of nitrogens with zero attached hydrogens (tertiary/aromatic N) is 3. The van der Waals surface area contributed by atoms with Crippen LogP contribution in [0.25, 0.3) is 98.1 Å². The maximum absolute atomic E-state index is 5.27. The normalized spacial score (nSPS) is 11.5. The predicted molar refractivity (Wildman–Crippen MR) is 215 cm³/mol. The summed E-state index contributed by atoms with van der Waals surface area (Å²) in [6.45, 7) is 0. The van der Waals surface area contributed by atoms with Crippen molar-refractivity contribution in [3.8, 4) is 56.4 Å². The summed E-state index contributed by atoms with van der Waals surface area (Å²) in [4.78, 5) is 15.6. The van der Waals surface area contributed by atoms with Gasteiger partial charge in [0.15, 0.2) is 17.5 Å². The van der Waals surface area contributed by atoms with Crippen molar-refractivity contribution in [2.45, 2.75) is 0 Å². The standard InChI is InChI=1S/C47H29N3S/c1-4-16-30(17-5-1)33-25-14-27-35-34(33)26-15-28-36(35)41-37-22-10-11-23-38(37)43(42-39-24-12-13-29-40(39)51-44(41)42)47-49-45(31-18-6-2-7-19-31)48-46(50-47)32-20-8-3-9-21-32/h1-29H. The second kappa shape index (κ2) is 12.1. The molecule has 0 aliphatic rings. The molecule has 0 aliphatic heterocycles. The van der Waals surface area contributed by atoms with E-state index < -0.39 is 0 Å². The van der Waals surface area contributed by atoms with Crippen LogP contribution in [-0.4, -0.2) is 15.0 Å². The van der Waals surface area contributed by atoms with Crippen LogP contribution in [0.4, 0.5) is 0 Å². The van der Waals surface area contributed by atoms with E-state index in [4.69, 9.17) is 15.0 Å². The third kappa shape index (κ3) is 4.91. The summed E-state index contributed by atoms with van der Waals surface area (Å²) in [5.74, 6) is 1.98. The fourth-order valence-electron chi connectivity index (χ4n) is 7.46. The van der Waals surface area contributed by atoms with Crippen LogP contribution in [0.1, 0.15) is 0 Å². The second-order valence-electron chi connectivity index (χ2n) is 12.7. The van der Waals surface area contributed by atoms with Crippen molar-refractivity contribution in [3.63, 3.8) is 0 Å². The van der Waals surface area contributed by atoms with E-state index in [0.717, 1.165) is 22.1 Å². The number of hydrogen-bond donors (Lipinski definition) is 0. The molecule has 0 aliphatic carbocycles. The first-order valence-corrected chi connectivity index (χ1v) is 17.9. The quantitative estimate of drug-likeness (QED) is 0.183. The molecular formula is C47H29N3S. The van der Waals surface area contributed by atoms with Crippen molar-refractivity contribution in [2.75, 3.05) is 0 Å². The molecule has 0 saturated heterocycles. The van der Waals surface area contributed by atoms with E-state index in [1.54, 1.807) is 0 Å². The molecule has 2 aromatic heterocycles. The van der Waals surface area contributed by atoms with Gasteiger partial charge in [-0.25, -0.2) is 15.0 Å². The lowest BCUT2D eigenvalue weighted by Gasteiger charge is -2.17. The molecule has 10 aromatic rings. The minimum atomic E-state index is 0.655. The summed E-state index contributed by atoms with van der Waals surface area (Å²) >= 11 is 1.85. The van der Waals surface area contributed by atoms with Crippen LogP contribution in [0.15, 0.2) is 176 Å². The Morgan fingerprint density at radius 3 is 1.39 bits per heavy atom. The molecule has 10 rings (SSSR count). The maximum atomic E-state index is 5.27. The highest BCUT2D eigenvalue weighted by Gasteiger charge is 2.24. The first-order chi connectivity index (χ1) is 25.3. The first kappa shape index (κ1) is 29.4. The van der Waals surface area contributed by atoms with Crippen molar-refractivity contribution in [1.82, 2.24) is 15.0 Å². The van der Waals surface area contributed by atoms with Crippen molar-refractivity contribution >= 4 is 53.1 Å². The number of benzene rings is 8. The van der Waals surface area contributed by atoms with Crippen molar-refractivity contribution < 1.29 is 0 Å². The van der Waals surface area contributed by atoms with Gasteiger partial charge in [-0.2, -0.15) is 0 Å². The highest BCUT2D eigenvalue weighted by atomic mass is 32.1. The van der Waals surface area contributed by atoms with E-state index >= 15 is 0 Å². The molecule has 0 fully saturated rings. The Kier molecular flexibility index (Phi) is 7.00. The van der Waals surface area contributed by atoms with Crippen LogP contribution in [0.5, 0.6) is 0 Å². The summed E-state index contributed by atoms with van der Waals surface area (Å²) in [7, 11) is 0. The van der Waals surface area contributed by atoms with Crippen LogP contribution >= 0.6 is 11.3 Å². The molecule has 238 valence electrons. The van der Waals surface area contributed by atoms with E-state index in [9.17, 15) is 0 Å². The van der Waals surface area contributed by atoms with Gasteiger partial charge in [0.05, 0.1) is 0 Å². The fraction of sp³-hybridized carbons (Fsp3) is 0. The van der Waals surface area contributed by atoms with Crippen LogP contribution in [-0.2, 0) is 0 Å². The van der Waals surface area contributed by atoms with Crippen LogP contribution in [0.3, 0.4) is 0 Å². The van der Waals surface area contributed by atoms with Crippen LogP contribution in [0, 0.1) is 0 Å². The highest BCUT2D eigenvalue weighted by Crippen LogP contribution is 2.51. The number of hydrogen-bond acceptors (Lipinski definition) is 4. The average molecular weight is 668 g/mol. The van der Waals surface area contributed by atoms with Gasteiger partial charge in [0.1, 0.15) is 0 Å². The number of aromatic nitrogens is 3. The molecule has 8 aromatic carbocycles. The Morgan fingerprint density at radius 2 is 0.765 bits per heavy atom. The van der Waals surface area contributed by atoms with Gasteiger partial charge in [-0.3, -0.25) is 0 Å². The summed E-state index contributed by atoms with van der Waals surface area (Å²) in [6, 6.07) is 62.0. The van der Waals surface area contributed by atoms with E-state index in [1.165, 1.54) is 58.6 Å². The zero-order valence-electron chi connectivity index (χ0n) is 27.5. The van der Waals surface area contributed by atoms with Gasteiger partial charge in [0.25, 0.3) is 0 Å². The molecule has 4 heteroatoms. The Morgan fingerprint density at radius 1 is 0.314 bits per heavy atom. The highest BCUT2D eigenvalue weighted by molar-refractivity contribution is 7.26. The Labute approximate surface area is 299 Å². The molecule has 0 N–H and O–H groups in total. The molecule has 2 heterocycles. The molecule has 0 unspecified atom stereocenters. The minimum absolute atomic E-state index is 0.655. The van der Waals surface area contributed by atoms with E-state index in [2.05, 4.69) is 140 Å². The number of thiophene rings is 1. The van der Waals surface area contributed by atoms with Gasteiger partial charge < -0.3 is 0 Å². The molecule has 0 spiro atoms. The summed E-state index contributed by atoms with van der Waals surface area (Å²) in [5.41, 5.74) is 7.84. The molecule has 0 bridgehead atoms. The minimum Gasteiger partial charge on any atom is -0.208 e. The lowest BCUT2D eigenvalue weighted by atomic mass is 9.87. The lowest BCUT2D eigenvalue weighted by Crippen LogP contribution is -2.01. The molecule has 0 atom stereocenters. The van der Waals surface area contributed by atoms with Crippen LogP contribution in [0.2, 0.25) is 0 Å². The summed E-state index contributed by atoms with van der Waals surface area (Å²) in [6.07, 6.45) is 0. The molecular weight excluding hydrogens is 639 g/mol. The zero-order chi connectivity index (χ0) is 33.7. The number of rotatable bonds is 5. The fourth-order valence-corrected chi connectivity index (χ4v) is 8.75. The van der Waals surface area contributed by atoms with E-state index in [0.29, 0.717) is 17.5 Å². The maximum Gasteiger partial charge on any atom is 0.165 e. The Hall–Kier alpha value is -6.49. The first-order valence-electron chi connectivity index (χ1n) is 17.1. The van der Waals surface area contributed by atoms with Gasteiger partial charge >= 0.3 is 0 Å². The van der Waals surface area contributed by atoms with Gasteiger partial charge in [0.2, 0.25) is 0 Å². The van der Waals surface area contributed by atoms with Gasteiger partial charge in [-0.05, 0) is 44.3 Å². The number of fused-ring (bicyclic) bond motifs is 5. The molecule has 0 amide bonds. The van der Waals surface area contributed by atoms with Crippen molar-refractivity contribution in [1.29, 1.82) is 0 Å². The molecule has 0 radical (unpaired) electrons. The summed E-state index contributed by atoms with van der Waals surface area (Å²) in [5, 5.41) is 7.13. The SMILES string of the molecule is c1ccc(-c2nc(-c3ccccc3)nc(-c3c4ccccc4c(-c4cccc5c(-c6ccccc6)cccc45)c4sc5ccccc5c34)n2)cc1. The monoisotopic (exact) mass is 667 g/mol. The van der Waals surface area contributed by atoms with Crippen LogP contribution < -0.4 is 0 Å². The Balaban J connectivity index is 1.34. The largest absolute Gasteiger partial charge is 0.208 e. The summed E-state index contributed by atoms with van der Waals surface area (Å²) < 4.78 is 2.46. The molecule has 51 heavy (non-hydrogen) atoms. The van der Waals surface area contributed by atoms with Crippen molar-refractivity contribution in [2.24, 2.45) is 0 Å². The third-order valence-electron chi connectivity index (χ3n) is 9.74. The molecule has 0 saturated carbocycles. The van der Waals surface area contributed by atoms with E-state index in [1.807, 2.05) is 47.7 Å².